The first-order valence-electron chi connectivity index (χ1n) is 13.6. The Balaban J connectivity index is 1.47. The van der Waals surface area contributed by atoms with Gasteiger partial charge in [0, 0.05) is 30.6 Å². The van der Waals surface area contributed by atoms with Crippen LogP contribution in [0.3, 0.4) is 0 Å². The summed E-state index contributed by atoms with van der Waals surface area (Å²) in [5, 5.41) is 6.92. The third-order valence-corrected chi connectivity index (χ3v) is 6.12. The smallest absolute Gasteiger partial charge is 0.412 e. The molecule has 0 saturated carbocycles. The standard InChI is InChI=1S/C30H36N2O10/c1-3-27(33)39-17-15-37-13-11-31-29(35)41-25-9-5-7-21-20-24-22(19-23(21)25)8-6-10-26(24)42-30(36)32-12-14-38-16-18-40-28(34)4-2/h3-5,7,9,19-20,26H,1-2,6,8,10-18H2,(H,31,35)(H,32,36). The molecule has 2 aromatic carbocycles. The molecule has 3 rings (SSSR count). The number of benzene rings is 2. The number of carbonyl (C=O) groups is 4. The van der Waals surface area contributed by atoms with Crippen LogP contribution >= 0.6 is 0 Å². The van der Waals surface area contributed by atoms with E-state index >= 15 is 0 Å². The van der Waals surface area contributed by atoms with Crippen molar-refractivity contribution in [3.8, 4) is 5.75 Å². The van der Waals surface area contributed by atoms with Crippen LogP contribution in [-0.2, 0) is 39.7 Å². The van der Waals surface area contributed by atoms with Crippen LogP contribution in [-0.4, -0.2) is 76.9 Å². The Morgan fingerprint density at radius 1 is 0.833 bits per heavy atom. The lowest BCUT2D eigenvalue weighted by atomic mass is 9.87. The lowest BCUT2D eigenvalue weighted by molar-refractivity contribution is -0.140. The third kappa shape index (κ3) is 10.5. The van der Waals surface area contributed by atoms with E-state index in [2.05, 4.69) is 23.8 Å². The van der Waals surface area contributed by atoms with E-state index in [0.717, 1.165) is 46.9 Å². The van der Waals surface area contributed by atoms with E-state index in [9.17, 15) is 19.2 Å². The van der Waals surface area contributed by atoms with Crippen LogP contribution in [0.4, 0.5) is 9.59 Å². The Morgan fingerprint density at radius 3 is 2.12 bits per heavy atom. The van der Waals surface area contributed by atoms with Gasteiger partial charge in [0.1, 0.15) is 25.1 Å². The average molecular weight is 585 g/mol. The molecular formula is C30H36N2O10. The minimum atomic E-state index is -0.624. The van der Waals surface area contributed by atoms with Gasteiger partial charge in [-0.1, -0.05) is 25.3 Å². The van der Waals surface area contributed by atoms with Crippen molar-refractivity contribution >= 4 is 34.9 Å². The number of alkyl carbamates (subject to hydrolysis) is 1. The Kier molecular flexibility index (Phi) is 13.3. The summed E-state index contributed by atoms with van der Waals surface area (Å²) in [5.74, 6) is -0.632. The van der Waals surface area contributed by atoms with Gasteiger partial charge in [-0.15, -0.1) is 0 Å². The zero-order chi connectivity index (χ0) is 30.2. The molecule has 0 fully saturated rings. The first kappa shape index (κ1) is 32.1. The van der Waals surface area contributed by atoms with E-state index in [1.54, 1.807) is 12.1 Å². The predicted octanol–water partition coefficient (Wildman–Crippen LogP) is 3.52. The summed E-state index contributed by atoms with van der Waals surface area (Å²) >= 11 is 0. The summed E-state index contributed by atoms with van der Waals surface area (Å²) in [6.45, 7) is 8.14. The Morgan fingerprint density at radius 2 is 1.48 bits per heavy atom. The maximum Gasteiger partial charge on any atom is 0.412 e. The molecule has 2 N–H and O–H groups in total. The second kappa shape index (κ2) is 17.4. The fourth-order valence-electron chi connectivity index (χ4n) is 4.20. The van der Waals surface area contributed by atoms with E-state index in [-0.39, 0.29) is 52.7 Å². The summed E-state index contributed by atoms with van der Waals surface area (Å²) in [6.07, 6.45) is 2.89. The molecule has 0 spiro atoms. The zero-order valence-electron chi connectivity index (χ0n) is 23.4. The molecule has 0 heterocycles. The topological polar surface area (TPSA) is 148 Å². The number of amides is 2. The highest BCUT2D eigenvalue weighted by Gasteiger charge is 2.25. The maximum atomic E-state index is 12.4. The first-order valence-corrected chi connectivity index (χ1v) is 13.6. The minimum absolute atomic E-state index is 0.0964. The minimum Gasteiger partial charge on any atom is -0.460 e. The number of esters is 2. The van der Waals surface area contributed by atoms with Gasteiger partial charge in [0.25, 0.3) is 0 Å². The summed E-state index contributed by atoms with van der Waals surface area (Å²) in [6, 6.07) is 9.35. The predicted molar refractivity (Wildman–Crippen MR) is 152 cm³/mol. The summed E-state index contributed by atoms with van der Waals surface area (Å²) in [5.41, 5.74) is 1.94. The van der Waals surface area contributed by atoms with Crippen LogP contribution in [0.1, 0.15) is 30.1 Å². The SMILES string of the molecule is C=CC(=O)OCCOCCNC(=O)Oc1cccc2cc3c(cc12)CCCC3OC(=O)NCCOCCOC(=O)C=C. The van der Waals surface area contributed by atoms with Crippen molar-refractivity contribution in [1.82, 2.24) is 10.6 Å². The highest BCUT2D eigenvalue weighted by molar-refractivity contribution is 5.91. The summed E-state index contributed by atoms with van der Waals surface area (Å²) < 4.78 is 31.5. The molecule has 42 heavy (non-hydrogen) atoms. The molecule has 0 saturated heterocycles. The van der Waals surface area contributed by atoms with Crippen molar-refractivity contribution in [3.05, 3.63) is 66.8 Å². The van der Waals surface area contributed by atoms with Gasteiger partial charge in [-0.05, 0) is 54.0 Å². The van der Waals surface area contributed by atoms with Crippen LogP contribution in [0.15, 0.2) is 55.6 Å². The number of aryl methyl sites for hydroxylation is 1. The third-order valence-electron chi connectivity index (χ3n) is 6.12. The van der Waals surface area contributed by atoms with E-state index in [0.29, 0.717) is 12.2 Å². The van der Waals surface area contributed by atoms with E-state index < -0.39 is 30.2 Å². The van der Waals surface area contributed by atoms with Gasteiger partial charge in [0.2, 0.25) is 0 Å². The molecule has 1 atom stereocenters. The van der Waals surface area contributed by atoms with Crippen molar-refractivity contribution in [3.63, 3.8) is 0 Å². The highest BCUT2D eigenvalue weighted by atomic mass is 16.6. The quantitative estimate of drug-likeness (QED) is 0.130. The lowest BCUT2D eigenvalue weighted by Crippen LogP contribution is -2.30. The van der Waals surface area contributed by atoms with Gasteiger partial charge >= 0.3 is 24.1 Å². The van der Waals surface area contributed by atoms with Crippen molar-refractivity contribution in [2.45, 2.75) is 25.4 Å². The van der Waals surface area contributed by atoms with Crippen molar-refractivity contribution < 1.29 is 47.6 Å². The summed E-state index contributed by atoms with van der Waals surface area (Å²) in [7, 11) is 0. The van der Waals surface area contributed by atoms with Gasteiger partial charge in [-0.3, -0.25) is 0 Å². The van der Waals surface area contributed by atoms with Crippen LogP contribution in [0.25, 0.3) is 10.8 Å². The fraction of sp³-hybridized carbons (Fsp3) is 0.400. The van der Waals surface area contributed by atoms with Gasteiger partial charge in [-0.25, -0.2) is 19.2 Å². The fourth-order valence-corrected chi connectivity index (χ4v) is 4.20. The van der Waals surface area contributed by atoms with Crippen LogP contribution in [0.2, 0.25) is 0 Å². The molecule has 1 aliphatic carbocycles. The second-order valence-electron chi connectivity index (χ2n) is 9.03. The molecule has 12 nitrogen and oxygen atoms in total. The molecular weight excluding hydrogens is 548 g/mol. The van der Waals surface area contributed by atoms with Gasteiger partial charge in [-0.2, -0.15) is 0 Å². The van der Waals surface area contributed by atoms with Crippen molar-refractivity contribution in [2.24, 2.45) is 0 Å². The van der Waals surface area contributed by atoms with Crippen molar-refractivity contribution in [2.75, 3.05) is 52.7 Å². The molecule has 1 unspecified atom stereocenters. The maximum absolute atomic E-state index is 12.4. The number of carbonyl (C=O) groups excluding carboxylic acids is 4. The number of rotatable bonds is 16. The number of hydrogen-bond donors (Lipinski definition) is 2. The van der Waals surface area contributed by atoms with Crippen LogP contribution < -0.4 is 15.4 Å². The molecule has 0 aliphatic heterocycles. The molecule has 0 radical (unpaired) electrons. The van der Waals surface area contributed by atoms with E-state index in [4.69, 9.17) is 28.4 Å². The molecule has 0 bridgehead atoms. The molecule has 2 aromatic rings. The first-order chi connectivity index (χ1) is 20.4. The molecule has 226 valence electrons. The van der Waals surface area contributed by atoms with Gasteiger partial charge < -0.3 is 39.1 Å². The largest absolute Gasteiger partial charge is 0.460 e. The van der Waals surface area contributed by atoms with Gasteiger partial charge in [0.15, 0.2) is 0 Å². The van der Waals surface area contributed by atoms with E-state index in [1.165, 1.54) is 0 Å². The summed E-state index contributed by atoms with van der Waals surface area (Å²) in [4.78, 5) is 46.7. The van der Waals surface area contributed by atoms with Gasteiger partial charge in [0.05, 0.1) is 26.4 Å². The Labute approximate surface area is 243 Å². The average Bonchev–Trinajstić information content (AvgIpc) is 2.99. The number of hydrogen-bond acceptors (Lipinski definition) is 10. The number of fused-ring (bicyclic) bond motifs is 2. The zero-order valence-corrected chi connectivity index (χ0v) is 23.4. The van der Waals surface area contributed by atoms with Crippen LogP contribution in [0, 0.1) is 0 Å². The number of nitrogens with one attached hydrogen (secondary N) is 2. The lowest BCUT2D eigenvalue weighted by Gasteiger charge is -2.26. The Hall–Kier alpha value is -4.42. The van der Waals surface area contributed by atoms with Crippen molar-refractivity contribution in [1.29, 1.82) is 0 Å². The monoisotopic (exact) mass is 584 g/mol. The van der Waals surface area contributed by atoms with Crippen LogP contribution in [0.5, 0.6) is 5.75 Å². The van der Waals surface area contributed by atoms with E-state index in [1.807, 2.05) is 18.2 Å². The highest BCUT2D eigenvalue weighted by Crippen LogP contribution is 2.37. The molecule has 0 aromatic heterocycles. The molecule has 12 heteroatoms. The molecule has 1 aliphatic rings. The second-order valence-corrected chi connectivity index (χ2v) is 9.03. The Bertz CT molecular complexity index is 1260. The normalized spacial score (nSPS) is 13.8. The number of ether oxygens (including phenoxy) is 6. The molecule has 2 amide bonds.